The SMILES string of the molecule is Nc1nc(Nc2ccccc2)n(Cc2c(F)cccc2F)n1. The fourth-order valence-electron chi connectivity index (χ4n) is 2.05. The van der Waals surface area contributed by atoms with Gasteiger partial charge in [0.15, 0.2) is 0 Å². The Morgan fingerprint density at radius 3 is 2.36 bits per heavy atom. The third-order valence-electron chi connectivity index (χ3n) is 3.09. The number of nitrogens with zero attached hydrogens (tertiary/aromatic N) is 3. The fraction of sp³-hybridized carbons (Fsp3) is 0.0667. The van der Waals surface area contributed by atoms with E-state index < -0.39 is 11.6 Å². The molecule has 3 N–H and O–H groups in total. The van der Waals surface area contributed by atoms with Gasteiger partial charge in [-0.3, -0.25) is 0 Å². The molecule has 0 saturated carbocycles. The highest BCUT2D eigenvalue weighted by Gasteiger charge is 2.14. The quantitative estimate of drug-likeness (QED) is 0.777. The van der Waals surface area contributed by atoms with E-state index in [1.807, 2.05) is 30.3 Å². The Balaban J connectivity index is 1.92. The van der Waals surface area contributed by atoms with Crippen LogP contribution in [0.4, 0.5) is 26.4 Å². The molecule has 112 valence electrons. The summed E-state index contributed by atoms with van der Waals surface area (Å²) in [5.74, 6) is -0.944. The first-order valence-corrected chi connectivity index (χ1v) is 6.59. The second-order valence-corrected chi connectivity index (χ2v) is 4.64. The highest BCUT2D eigenvalue weighted by atomic mass is 19.1. The van der Waals surface area contributed by atoms with Gasteiger partial charge in [-0.05, 0) is 24.3 Å². The maximum absolute atomic E-state index is 13.7. The predicted molar refractivity (Wildman–Crippen MR) is 79.6 cm³/mol. The lowest BCUT2D eigenvalue weighted by Crippen LogP contribution is -2.09. The van der Waals surface area contributed by atoms with E-state index in [-0.39, 0.29) is 18.1 Å². The maximum Gasteiger partial charge on any atom is 0.241 e. The first-order chi connectivity index (χ1) is 10.6. The molecule has 0 unspecified atom stereocenters. The van der Waals surface area contributed by atoms with Crippen LogP contribution in [0.15, 0.2) is 48.5 Å². The van der Waals surface area contributed by atoms with Crippen LogP contribution in [0.2, 0.25) is 0 Å². The monoisotopic (exact) mass is 301 g/mol. The van der Waals surface area contributed by atoms with Crippen LogP contribution in [0.3, 0.4) is 0 Å². The van der Waals surface area contributed by atoms with Gasteiger partial charge in [-0.25, -0.2) is 13.5 Å². The first kappa shape index (κ1) is 14.0. The third kappa shape index (κ3) is 2.88. The zero-order valence-electron chi connectivity index (χ0n) is 11.5. The van der Waals surface area contributed by atoms with E-state index in [1.54, 1.807) is 0 Å². The van der Waals surface area contributed by atoms with Gasteiger partial charge in [0.25, 0.3) is 0 Å². The fourth-order valence-corrected chi connectivity index (χ4v) is 2.05. The molecular weight excluding hydrogens is 288 g/mol. The molecule has 0 spiro atoms. The molecule has 0 atom stereocenters. The van der Waals surface area contributed by atoms with Crippen molar-refractivity contribution in [2.24, 2.45) is 0 Å². The zero-order chi connectivity index (χ0) is 15.5. The number of aromatic nitrogens is 3. The Morgan fingerprint density at radius 1 is 1.00 bits per heavy atom. The number of nitrogens with one attached hydrogen (secondary N) is 1. The van der Waals surface area contributed by atoms with Gasteiger partial charge in [0.2, 0.25) is 11.9 Å². The molecule has 2 aromatic carbocycles. The van der Waals surface area contributed by atoms with Gasteiger partial charge in [-0.15, -0.1) is 5.10 Å². The third-order valence-corrected chi connectivity index (χ3v) is 3.09. The number of rotatable bonds is 4. The topological polar surface area (TPSA) is 68.8 Å². The van der Waals surface area contributed by atoms with Crippen molar-refractivity contribution in [2.75, 3.05) is 11.1 Å². The summed E-state index contributed by atoms with van der Waals surface area (Å²) < 4.78 is 28.8. The van der Waals surface area contributed by atoms with E-state index in [1.165, 1.54) is 22.9 Å². The highest BCUT2D eigenvalue weighted by molar-refractivity contribution is 5.54. The second kappa shape index (κ2) is 5.80. The predicted octanol–water partition coefficient (Wildman–Crippen LogP) is 2.93. The minimum atomic E-state index is -0.639. The molecular formula is C15H13F2N5. The van der Waals surface area contributed by atoms with Crippen molar-refractivity contribution in [1.82, 2.24) is 14.8 Å². The van der Waals surface area contributed by atoms with Gasteiger partial charge in [-0.2, -0.15) is 4.98 Å². The molecule has 0 aliphatic rings. The van der Waals surface area contributed by atoms with E-state index in [9.17, 15) is 8.78 Å². The smallest absolute Gasteiger partial charge is 0.241 e. The molecule has 1 heterocycles. The van der Waals surface area contributed by atoms with E-state index in [4.69, 9.17) is 5.73 Å². The van der Waals surface area contributed by atoms with Crippen LogP contribution in [0, 0.1) is 11.6 Å². The average molecular weight is 301 g/mol. The van der Waals surface area contributed by atoms with E-state index in [2.05, 4.69) is 15.4 Å². The minimum absolute atomic E-state index is 0.0233. The van der Waals surface area contributed by atoms with Crippen molar-refractivity contribution >= 4 is 17.6 Å². The summed E-state index contributed by atoms with van der Waals surface area (Å²) in [6, 6.07) is 12.9. The van der Waals surface area contributed by atoms with Crippen LogP contribution in [-0.2, 0) is 6.54 Å². The van der Waals surface area contributed by atoms with Crippen LogP contribution >= 0.6 is 0 Å². The number of nitrogens with two attached hydrogens (primary N) is 1. The number of halogens is 2. The Hall–Kier alpha value is -2.96. The van der Waals surface area contributed by atoms with Crippen molar-refractivity contribution in [3.8, 4) is 0 Å². The molecule has 0 radical (unpaired) electrons. The lowest BCUT2D eigenvalue weighted by atomic mass is 10.2. The number of hydrogen-bond donors (Lipinski definition) is 2. The van der Waals surface area contributed by atoms with E-state index in [0.717, 1.165) is 5.69 Å². The number of nitrogen functional groups attached to an aromatic ring is 1. The van der Waals surface area contributed by atoms with Crippen LogP contribution in [0.1, 0.15) is 5.56 Å². The molecule has 0 saturated heterocycles. The summed E-state index contributed by atoms with van der Waals surface area (Å²) in [5.41, 5.74) is 6.27. The molecule has 0 bridgehead atoms. The summed E-state index contributed by atoms with van der Waals surface area (Å²) in [6.07, 6.45) is 0. The first-order valence-electron chi connectivity index (χ1n) is 6.59. The Bertz CT molecular complexity index is 766. The van der Waals surface area contributed by atoms with Gasteiger partial charge in [0, 0.05) is 11.3 Å². The molecule has 0 fully saturated rings. The molecule has 22 heavy (non-hydrogen) atoms. The number of hydrogen-bond acceptors (Lipinski definition) is 4. The summed E-state index contributed by atoms with van der Waals surface area (Å²) in [4.78, 5) is 4.04. The Kier molecular flexibility index (Phi) is 3.69. The van der Waals surface area contributed by atoms with Crippen LogP contribution in [0.25, 0.3) is 0 Å². The standard InChI is InChI=1S/C15H13F2N5/c16-12-7-4-8-13(17)11(12)9-22-15(20-14(18)21-22)19-10-5-2-1-3-6-10/h1-8H,9H2,(H3,18,19,20,21). The number of benzene rings is 2. The highest BCUT2D eigenvalue weighted by Crippen LogP contribution is 2.19. The lowest BCUT2D eigenvalue weighted by molar-refractivity contribution is 0.535. The molecule has 7 heteroatoms. The molecule has 5 nitrogen and oxygen atoms in total. The van der Waals surface area contributed by atoms with Crippen molar-refractivity contribution < 1.29 is 8.78 Å². The molecule has 3 rings (SSSR count). The van der Waals surface area contributed by atoms with Crippen LogP contribution in [-0.4, -0.2) is 14.8 Å². The van der Waals surface area contributed by atoms with Gasteiger partial charge in [0.1, 0.15) is 11.6 Å². The van der Waals surface area contributed by atoms with Gasteiger partial charge < -0.3 is 11.1 Å². The Labute approximate surface area is 125 Å². The molecule has 3 aromatic rings. The van der Waals surface area contributed by atoms with E-state index in [0.29, 0.717) is 5.95 Å². The number of anilines is 3. The summed E-state index contributed by atoms with van der Waals surface area (Å²) >= 11 is 0. The summed E-state index contributed by atoms with van der Waals surface area (Å²) in [6.45, 7) is -0.113. The number of para-hydroxylation sites is 1. The van der Waals surface area contributed by atoms with Crippen molar-refractivity contribution in [3.05, 3.63) is 65.7 Å². The largest absolute Gasteiger partial charge is 0.366 e. The average Bonchev–Trinajstić information content (AvgIpc) is 2.84. The van der Waals surface area contributed by atoms with Crippen molar-refractivity contribution in [2.45, 2.75) is 6.54 Å². The van der Waals surface area contributed by atoms with Gasteiger partial charge in [0.05, 0.1) is 6.54 Å². The second-order valence-electron chi connectivity index (χ2n) is 4.64. The molecule has 1 aromatic heterocycles. The molecule has 0 amide bonds. The van der Waals surface area contributed by atoms with E-state index >= 15 is 0 Å². The van der Waals surface area contributed by atoms with Crippen LogP contribution < -0.4 is 11.1 Å². The maximum atomic E-state index is 13.7. The molecule has 0 aliphatic carbocycles. The van der Waals surface area contributed by atoms with Gasteiger partial charge in [-0.1, -0.05) is 24.3 Å². The minimum Gasteiger partial charge on any atom is -0.366 e. The normalized spacial score (nSPS) is 10.6. The summed E-state index contributed by atoms with van der Waals surface area (Å²) in [5, 5.41) is 6.99. The van der Waals surface area contributed by atoms with Crippen LogP contribution in [0.5, 0.6) is 0 Å². The van der Waals surface area contributed by atoms with Crippen molar-refractivity contribution in [1.29, 1.82) is 0 Å². The van der Waals surface area contributed by atoms with Gasteiger partial charge >= 0.3 is 0 Å². The summed E-state index contributed by atoms with van der Waals surface area (Å²) in [7, 11) is 0. The molecule has 0 aliphatic heterocycles. The lowest BCUT2D eigenvalue weighted by Gasteiger charge is -2.09. The Morgan fingerprint density at radius 2 is 1.68 bits per heavy atom. The van der Waals surface area contributed by atoms with Crippen molar-refractivity contribution in [3.63, 3.8) is 0 Å². The zero-order valence-corrected chi connectivity index (χ0v) is 11.5.